The van der Waals surface area contributed by atoms with Gasteiger partial charge in [-0.2, -0.15) is 0 Å². The summed E-state index contributed by atoms with van der Waals surface area (Å²) >= 11 is 37.3. The predicted molar refractivity (Wildman–Crippen MR) is 377 cm³/mol. The molecule has 16 nitrogen and oxygen atoms in total. The molecule has 6 atom stereocenters. The van der Waals surface area contributed by atoms with Gasteiger partial charge in [-0.3, -0.25) is 14.1 Å². The molecule has 0 aliphatic carbocycles. The molecule has 1 N–H and O–H groups in total. The number of rotatable bonds is 41. The van der Waals surface area contributed by atoms with Crippen LogP contribution in [0.5, 0.6) is 11.5 Å². The number of phosphoric ester groups is 1. The Kier molecular flexibility index (Phi) is 35.0. The highest BCUT2D eigenvalue weighted by Crippen LogP contribution is 2.53. The fourth-order valence-electron chi connectivity index (χ4n) is 11.1. The number of carbonyl (C=O) groups excluding carboxylic acids is 4. The number of alkyl halides is 6. The summed E-state index contributed by atoms with van der Waals surface area (Å²) in [5, 5.41) is 3.48. The van der Waals surface area contributed by atoms with Gasteiger partial charge in [0.15, 0.2) is 18.0 Å². The minimum atomic E-state index is -5.13. The van der Waals surface area contributed by atoms with Crippen LogP contribution in [0.1, 0.15) is 196 Å². The lowest BCUT2D eigenvalue weighted by Crippen LogP contribution is -2.73. The Labute approximate surface area is 589 Å². The van der Waals surface area contributed by atoms with Gasteiger partial charge in [0.2, 0.25) is 7.59 Å². The molecule has 4 aromatic rings. The van der Waals surface area contributed by atoms with E-state index in [-0.39, 0.29) is 17.9 Å². The van der Waals surface area contributed by atoms with E-state index in [1.807, 2.05) is 81.4 Å². The molecule has 0 spiro atoms. The Balaban J connectivity index is 1.67. The summed E-state index contributed by atoms with van der Waals surface area (Å²) in [7, 11) is -8.98. The molecule has 1 amide bonds. The van der Waals surface area contributed by atoms with Gasteiger partial charge in [0.1, 0.15) is 49.1 Å². The lowest BCUT2D eigenvalue weighted by atomic mass is 9.96. The van der Waals surface area contributed by atoms with Gasteiger partial charge < -0.3 is 47.2 Å². The molecular weight excluding hydrogens is 1370 g/mol. The average Bonchev–Trinajstić information content (AvgIpc) is 0.736. The van der Waals surface area contributed by atoms with Crippen LogP contribution >= 0.6 is 77.4 Å². The van der Waals surface area contributed by atoms with E-state index in [4.69, 9.17) is 116 Å². The second-order valence-corrected chi connectivity index (χ2v) is 35.9. The Hall–Kier alpha value is -3.97. The number of hydrogen-bond donors (Lipinski definition) is 1. The molecule has 0 radical (unpaired) electrons. The van der Waals surface area contributed by atoms with Gasteiger partial charge in [0.25, 0.3) is 8.32 Å². The molecule has 0 aromatic heterocycles. The van der Waals surface area contributed by atoms with Crippen molar-refractivity contribution >= 4 is 120 Å². The summed E-state index contributed by atoms with van der Waals surface area (Å²) in [5.74, 6) is -1.39. The summed E-state index contributed by atoms with van der Waals surface area (Å²) in [5.41, 5.74) is -1.78. The zero-order chi connectivity index (χ0) is 68.7. The first kappa shape index (κ1) is 80.7. The van der Waals surface area contributed by atoms with Gasteiger partial charge in [-0.05, 0) is 72.8 Å². The van der Waals surface area contributed by atoms with Crippen molar-refractivity contribution in [1.82, 2.24) is 5.32 Å². The van der Waals surface area contributed by atoms with Crippen LogP contribution in [-0.4, -0.2) is 95.7 Å². The third-order valence-electron chi connectivity index (χ3n) is 16.1. The molecular formula is C70H98Cl6NO15PSi. The van der Waals surface area contributed by atoms with Crippen molar-refractivity contribution in [2.24, 2.45) is 0 Å². The van der Waals surface area contributed by atoms with Crippen LogP contribution in [0.4, 0.5) is 9.59 Å². The summed E-state index contributed by atoms with van der Waals surface area (Å²) < 4.78 is 75.2. The largest absolute Gasteiger partial charge is 0.588 e. The van der Waals surface area contributed by atoms with Crippen molar-refractivity contribution < 1.29 is 70.2 Å². The zero-order valence-corrected chi connectivity index (χ0v) is 62.0. The fraction of sp³-hybridized carbons (Fsp3) is 0.600. The van der Waals surface area contributed by atoms with Crippen LogP contribution in [0.15, 0.2) is 121 Å². The lowest BCUT2D eigenvalue weighted by molar-refractivity contribution is -0.250. The van der Waals surface area contributed by atoms with Crippen LogP contribution in [-0.2, 0) is 51.5 Å². The number of halogens is 6. The summed E-state index contributed by atoms with van der Waals surface area (Å²) in [4.78, 5) is 57.8. The smallest absolute Gasteiger partial charge is 0.462 e. The number of nitrogens with one attached hydrogen (secondary N) is 1. The number of esters is 2. The Morgan fingerprint density at radius 1 is 0.574 bits per heavy atom. The topological polar surface area (TPSA) is 190 Å². The summed E-state index contributed by atoms with van der Waals surface area (Å²) in [6, 6.07) is 33.1. The van der Waals surface area contributed by atoms with E-state index < -0.39 is 115 Å². The SMILES string of the molecule is CCCCCCCCCCCCCC(=O)O[C@H](CCCCCCCCCCC)CC(=O)O[C@@H]1[C@H](NC(=O)OCC(Cl)(Cl)Cl)[C@@H](O[Si](c2ccccc2)(c2ccccc2)C(C)(C)C)O[C@H](COC(=O)OC(C)(C)C(Cl)(Cl)Cl)[C@H]1OP(=O)(Oc1ccccc1)Oc1ccccc1. The van der Waals surface area contributed by atoms with Crippen LogP contribution in [0.2, 0.25) is 5.04 Å². The maximum atomic E-state index is 15.9. The summed E-state index contributed by atoms with van der Waals surface area (Å²) in [6.07, 6.45) is 10.3. The Morgan fingerprint density at radius 3 is 1.47 bits per heavy atom. The van der Waals surface area contributed by atoms with Crippen LogP contribution in [0, 0.1) is 0 Å². The molecule has 524 valence electrons. The monoisotopic (exact) mass is 1460 g/mol. The van der Waals surface area contributed by atoms with E-state index in [1.165, 1.54) is 89.5 Å². The number of benzene rings is 4. The molecule has 1 fully saturated rings. The number of para-hydroxylation sites is 2. The van der Waals surface area contributed by atoms with Crippen molar-refractivity contribution in [3.8, 4) is 11.5 Å². The highest BCUT2D eigenvalue weighted by molar-refractivity contribution is 7.49. The molecule has 1 aliphatic heterocycles. The first-order chi connectivity index (χ1) is 44.7. The molecule has 94 heavy (non-hydrogen) atoms. The highest BCUT2D eigenvalue weighted by Gasteiger charge is 2.59. The van der Waals surface area contributed by atoms with E-state index in [9.17, 15) is 14.4 Å². The van der Waals surface area contributed by atoms with Crippen molar-refractivity contribution in [2.75, 3.05) is 13.2 Å². The number of unbranched alkanes of at least 4 members (excludes halogenated alkanes) is 18. The molecule has 0 unspecified atom stereocenters. The van der Waals surface area contributed by atoms with Crippen molar-refractivity contribution in [3.63, 3.8) is 0 Å². The lowest BCUT2D eigenvalue weighted by Gasteiger charge is -2.50. The quantitative estimate of drug-likeness (QED) is 0.0110. The molecule has 1 saturated heterocycles. The maximum Gasteiger partial charge on any atom is 0.588 e. The van der Waals surface area contributed by atoms with E-state index >= 15 is 9.36 Å². The molecule has 5 rings (SSSR count). The standard InChI is InChI=1S/C70H98Cl6NO15PSi/c1-8-10-12-14-16-18-19-21-23-25-39-49-59(78)85-55(44-30-24-22-20-17-15-13-11-9-2)50-60(79)87-63-61(77-65(80)84-52-69(71,72)73)64(92-94(67(3,4)5,56-45-35-28-36-46-56)57-47-37-29-38-48-57)86-58(51-83-66(81)88-68(6,7)70(74,75)76)62(63)91-93(82,89-53-40-31-26-32-41-53)90-54-42-33-27-34-43-54/h26-29,31-38,40-43,45-48,55,58,61-64H,8-25,30,39,44,49-52H2,1-7H3,(H,77,80)/t55-,58-,61+,62-,63-,64-/m1/s1. The minimum absolute atomic E-state index is 0.0181. The number of alkyl carbamates (subject to hydrolysis) is 1. The van der Waals surface area contributed by atoms with Gasteiger partial charge in [0.05, 0.1) is 6.42 Å². The van der Waals surface area contributed by atoms with Gasteiger partial charge in [-0.1, -0.05) is 317 Å². The molecule has 4 aromatic carbocycles. The third-order valence-corrected chi connectivity index (χ3v) is 24.2. The predicted octanol–water partition coefficient (Wildman–Crippen LogP) is 19.5. The number of ether oxygens (including phenoxy) is 6. The van der Waals surface area contributed by atoms with Crippen LogP contribution in [0.25, 0.3) is 0 Å². The zero-order valence-electron chi connectivity index (χ0n) is 55.5. The van der Waals surface area contributed by atoms with Gasteiger partial charge in [0, 0.05) is 6.42 Å². The molecule has 0 bridgehead atoms. The molecule has 1 aliphatic rings. The second-order valence-electron chi connectivity index (χ2n) is 25.4. The molecule has 1 heterocycles. The van der Waals surface area contributed by atoms with Crippen LogP contribution < -0.4 is 24.7 Å². The first-order valence-electron chi connectivity index (χ1n) is 33.2. The van der Waals surface area contributed by atoms with E-state index in [1.54, 1.807) is 36.4 Å². The van der Waals surface area contributed by atoms with E-state index in [0.29, 0.717) is 19.3 Å². The number of hydrogen-bond acceptors (Lipinski definition) is 15. The van der Waals surface area contributed by atoms with Crippen molar-refractivity contribution in [3.05, 3.63) is 121 Å². The maximum absolute atomic E-state index is 15.9. The van der Waals surface area contributed by atoms with Crippen LogP contribution in [0.3, 0.4) is 0 Å². The Bertz CT molecular complexity index is 2790. The molecule has 0 saturated carbocycles. The Morgan fingerprint density at radius 2 is 1.02 bits per heavy atom. The fourth-order valence-corrected chi connectivity index (χ4v) is 17.4. The molecule has 24 heteroatoms. The summed E-state index contributed by atoms with van der Waals surface area (Å²) in [6.45, 7) is 11.5. The van der Waals surface area contributed by atoms with Gasteiger partial charge in [-0.15, -0.1) is 0 Å². The van der Waals surface area contributed by atoms with Gasteiger partial charge in [-0.25, -0.2) is 14.2 Å². The minimum Gasteiger partial charge on any atom is -0.462 e. The average molecular weight is 1470 g/mol. The van der Waals surface area contributed by atoms with Crippen molar-refractivity contribution in [1.29, 1.82) is 0 Å². The highest BCUT2D eigenvalue weighted by atomic mass is 35.6. The third kappa shape index (κ3) is 28.1. The number of amides is 1. The van der Waals surface area contributed by atoms with E-state index in [2.05, 4.69) is 19.2 Å². The number of phosphoric acid groups is 1. The van der Waals surface area contributed by atoms with Crippen molar-refractivity contribution in [2.45, 2.75) is 251 Å². The normalized spacial score (nSPS) is 17.5. The number of carbonyl (C=O) groups is 4. The first-order valence-corrected chi connectivity index (χ1v) is 38.9. The van der Waals surface area contributed by atoms with Gasteiger partial charge >= 0.3 is 32.0 Å². The van der Waals surface area contributed by atoms with E-state index in [0.717, 1.165) is 74.6 Å². The second kappa shape index (κ2) is 40.8.